The van der Waals surface area contributed by atoms with Gasteiger partial charge >= 0.3 is 11.8 Å². The first-order chi connectivity index (χ1) is 12.5. The molecule has 1 N–H and O–H groups in total. The fraction of sp³-hybridized carbons (Fsp3) is 0.263. The Hall–Kier alpha value is -2.60. The van der Waals surface area contributed by atoms with E-state index in [0.29, 0.717) is 36.8 Å². The van der Waals surface area contributed by atoms with E-state index in [2.05, 4.69) is 10.2 Å². The summed E-state index contributed by atoms with van der Waals surface area (Å²) in [5.41, 5.74) is 1.34. The number of halogens is 2. The third-order valence-corrected chi connectivity index (χ3v) is 4.57. The Morgan fingerprint density at radius 2 is 1.77 bits per heavy atom. The fourth-order valence-electron chi connectivity index (χ4n) is 2.88. The van der Waals surface area contributed by atoms with Crippen LogP contribution < -0.4 is 10.2 Å². The molecule has 1 saturated heterocycles. The van der Waals surface area contributed by atoms with Crippen LogP contribution in [-0.2, 0) is 16.1 Å². The highest BCUT2D eigenvalue weighted by molar-refractivity contribution is 6.35. The molecular weight excluding hydrogens is 357 g/mol. The molecule has 0 aliphatic carbocycles. The number of rotatable bonds is 3. The standard InChI is InChI=1S/C19H19ClFN3O2/c20-15-5-3-6-16(12-15)23-8-10-24(11-9-23)19(26)18(25)22-13-14-4-1-2-7-17(14)21/h1-7,12H,8-11,13H2,(H,22,25). The first-order valence-corrected chi connectivity index (χ1v) is 8.73. The molecule has 2 amide bonds. The zero-order valence-corrected chi connectivity index (χ0v) is 14.9. The van der Waals surface area contributed by atoms with E-state index in [1.54, 1.807) is 18.2 Å². The second kappa shape index (κ2) is 8.19. The number of amides is 2. The molecular formula is C19H19ClFN3O2. The number of piperazine rings is 1. The van der Waals surface area contributed by atoms with E-state index in [9.17, 15) is 14.0 Å². The molecule has 0 saturated carbocycles. The average Bonchev–Trinajstić information content (AvgIpc) is 2.66. The van der Waals surface area contributed by atoms with E-state index < -0.39 is 17.6 Å². The first-order valence-electron chi connectivity index (χ1n) is 8.35. The van der Waals surface area contributed by atoms with Gasteiger partial charge < -0.3 is 15.1 Å². The molecule has 0 unspecified atom stereocenters. The Labute approximate surface area is 156 Å². The van der Waals surface area contributed by atoms with Crippen molar-refractivity contribution in [3.05, 3.63) is 64.9 Å². The van der Waals surface area contributed by atoms with Gasteiger partial charge in [-0.1, -0.05) is 35.9 Å². The Balaban J connectivity index is 1.51. The van der Waals surface area contributed by atoms with Gasteiger partial charge in [-0.3, -0.25) is 9.59 Å². The summed E-state index contributed by atoms with van der Waals surface area (Å²) in [6, 6.07) is 13.7. The number of benzene rings is 2. The van der Waals surface area contributed by atoms with Crippen LogP contribution in [-0.4, -0.2) is 42.9 Å². The second-order valence-electron chi connectivity index (χ2n) is 6.03. The molecule has 7 heteroatoms. The quantitative estimate of drug-likeness (QED) is 0.838. The predicted molar refractivity (Wildman–Crippen MR) is 98.5 cm³/mol. The van der Waals surface area contributed by atoms with Gasteiger partial charge in [-0.05, 0) is 24.3 Å². The van der Waals surface area contributed by atoms with Crippen molar-refractivity contribution in [3.8, 4) is 0 Å². The van der Waals surface area contributed by atoms with Gasteiger partial charge in [0.15, 0.2) is 0 Å². The van der Waals surface area contributed by atoms with Crippen LogP contribution in [0.5, 0.6) is 0 Å². The van der Waals surface area contributed by atoms with Crippen molar-refractivity contribution in [3.63, 3.8) is 0 Å². The van der Waals surface area contributed by atoms with Crippen molar-refractivity contribution in [2.75, 3.05) is 31.1 Å². The van der Waals surface area contributed by atoms with E-state index in [-0.39, 0.29) is 6.54 Å². The van der Waals surface area contributed by atoms with Crippen molar-refractivity contribution in [2.45, 2.75) is 6.54 Å². The summed E-state index contributed by atoms with van der Waals surface area (Å²) >= 11 is 6.01. The van der Waals surface area contributed by atoms with Gasteiger partial charge in [0.05, 0.1) is 0 Å². The van der Waals surface area contributed by atoms with E-state index in [1.165, 1.54) is 11.0 Å². The summed E-state index contributed by atoms with van der Waals surface area (Å²) in [6.07, 6.45) is 0. The maximum atomic E-state index is 13.6. The number of nitrogens with one attached hydrogen (secondary N) is 1. The van der Waals surface area contributed by atoms with E-state index in [4.69, 9.17) is 11.6 Å². The molecule has 3 rings (SSSR count). The molecule has 1 aliphatic rings. The van der Waals surface area contributed by atoms with Crippen molar-refractivity contribution in [1.82, 2.24) is 10.2 Å². The molecule has 0 atom stereocenters. The van der Waals surface area contributed by atoms with Crippen LogP contribution in [0.15, 0.2) is 48.5 Å². The summed E-state index contributed by atoms with van der Waals surface area (Å²) in [5, 5.41) is 3.15. The molecule has 0 spiro atoms. The monoisotopic (exact) mass is 375 g/mol. The highest BCUT2D eigenvalue weighted by Gasteiger charge is 2.26. The Morgan fingerprint density at radius 1 is 1.04 bits per heavy atom. The number of anilines is 1. The normalized spacial score (nSPS) is 14.2. The van der Waals surface area contributed by atoms with Crippen LogP contribution >= 0.6 is 11.6 Å². The summed E-state index contributed by atoms with van der Waals surface area (Å²) in [4.78, 5) is 28.0. The van der Waals surface area contributed by atoms with Gasteiger partial charge in [0.25, 0.3) is 0 Å². The summed E-state index contributed by atoms with van der Waals surface area (Å²) in [6.45, 7) is 2.11. The summed E-state index contributed by atoms with van der Waals surface area (Å²) in [5.74, 6) is -1.72. The zero-order chi connectivity index (χ0) is 18.5. The molecule has 1 aliphatic heterocycles. The molecule has 2 aromatic rings. The molecule has 5 nitrogen and oxygen atoms in total. The van der Waals surface area contributed by atoms with E-state index >= 15 is 0 Å². The van der Waals surface area contributed by atoms with Gasteiger partial charge in [0.1, 0.15) is 5.82 Å². The largest absolute Gasteiger partial charge is 0.368 e. The number of carbonyl (C=O) groups excluding carboxylic acids is 2. The lowest BCUT2D eigenvalue weighted by molar-refractivity contribution is -0.146. The van der Waals surface area contributed by atoms with Crippen LogP contribution in [0, 0.1) is 5.82 Å². The van der Waals surface area contributed by atoms with Crippen molar-refractivity contribution >= 4 is 29.1 Å². The van der Waals surface area contributed by atoms with E-state index in [0.717, 1.165) is 5.69 Å². The zero-order valence-electron chi connectivity index (χ0n) is 14.1. The summed E-state index contributed by atoms with van der Waals surface area (Å²) < 4.78 is 13.6. The van der Waals surface area contributed by atoms with Crippen LogP contribution in [0.3, 0.4) is 0 Å². The van der Waals surface area contributed by atoms with Gasteiger partial charge in [0.2, 0.25) is 0 Å². The lowest BCUT2D eigenvalue weighted by atomic mass is 10.2. The minimum Gasteiger partial charge on any atom is -0.368 e. The lowest BCUT2D eigenvalue weighted by Gasteiger charge is -2.35. The molecule has 136 valence electrons. The molecule has 2 aromatic carbocycles. The lowest BCUT2D eigenvalue weighted by Crippen LogP contribution is -2.52. The topological polar surface area (TPSA) is 52.7 Å². The van der Waals surface area contributed by atoms with Gasteiger partial charge in [-0.2, -0.15) is 0 Å². The van der Waals surface area contributed by atoms with Crippen molar-refractivity contribution in [2.24, 2.45) is 0 Å². The maximum absolute atomic E-state index is 13.6. The molecule has 0 aromatic heterocycles. The molecule has 1 fully saturated rings. The predicted octanol–water partition coefficient (Wildman–Crippen LogP) is 2.44. The van der Waals surface area contributed by atoms with Gasteiger partial charge in [0, 0.05) is 49.0 Å². The number of hydrogen-bond donors (Lipinski definition) is 1. The van der Waals surface area contributed by atoms with Gasteiger partial charge in [-0.25, -0.2) is 4.39 Å². The van der Waals surface area contributed by atoms with Gasteiger partial charge in [-0.15, -0.1) is 0 Å². The molecule has 1 heterocycles. The smallest absolute Gasteiger partial charge is 0.312 e. The average molecular weight is 376 g/mol. The number of hydrogen-bond acceptors (Lipinski definition) is 3. The van der Waals surface area contributed by atoms with Crippen LogP contribution in [0.4, 0.5) is 10.1 Å². The molecule has 26 heavy (non-hydrogen) atoms. The van der Waals surface area contributed by atoms with E-state index in [1.807, 2.05) is 24.3 Å². The minimum absolute atomic E-state index is 0.0142. The highest BCUT2D eigenvalue weighted by atomic mass is 35.5. The maximum Gasteiger partial charge on any atom is 0.312 e. The van der Waals surface area contributed by atoms with Crippen molar-refractivity contribution in [1.29, 1.82) is 0 Å². The Bertz CT molecular complexity index is 807. The van der Waals surface area contributed by atoms with Crippen LogP contribution in [0.25, 0.3) is 0 Å². The first kappa shape index (κ1) is 18.2. The fourth-order valence-corrected chi connectivity index (χ4v) is 3.06. The number of nitrogens with zero attached hydrogens (tertiary/aromatic N) is 2. The Kier molecular flexibility index (Phi) is 5.73. The second-order valence-corrected chi connectivity index (χ2v) is 6.47. The highest BCUT2D eigenvalue weighted by Crippen LogP contribution is 2.20. The SMILES string of the molecule is O=C(NCc1ccccc1F)C(=O)N1CCN(c2cccc(Cl)c2)CC1. The molecule has 0 radical (unpaired) electrons. The number of carbonyl (C=O) groups is 2. The Morgan fingerprint density at radius 3 is 2.46 bits per heavy atom. The third kappa shape index (κ3) is 4.32. The van der Waals surface area contributed by atoms with Crippen LogP contribution in [0.2, 0.25) is 5.02 Å². The summed E-state index contributed by atoms with van der Waals surface area (Å²) in [7, 11) is 0. The minimum atomic E-state index is -0.718. The van der Waals surface area contributed by atoms with Crippen LogP contribution in [0.1, 0.15) is 5.56 Å². The third-order valence-electron chi connectivity index (χ3n) is 4.33. The van der Waals surface area contributed by atoms with Crippen molar-refractivity contribution < 1.29 is 14.0 Å². The molecule has 0 bridgehead atoms.